The zero-order valence-electron chi connectivity index (χ0n) is 19.4. The number of amides is 2. The van der Waals surface area contributed by atoms with Crippen molar-refractivity contribution in [3.05, 3.63) is 29.3 Å². The molecular weight excluding hydrogens is 376 g/mol. The highest BCUT2D eigenvalue weighted by atomic mass is 16.2. The van der Waals surface area contributed by atoms with E-state index in [9.17, 15) is 9.59 Å². The Morgan fingerprint density at radius 1 is 1.10 bits per heavy atom. The number of carbonyl (C=O) groups is 2. The maximum Gasteiger partial charge on any atom is 0.281 e. The maximum absolute atomic E-state index is 13.2. The summed E-state index contributed by atoms with van der Waals surface area (Å²) in [7, 11) is 0. The van der Waals surface area contributed by atoms with E-state index in [0.717, 1.165) is 50.3 Å². The first kappa shape index (κ1) is 22.8. The number of benzene rings is 1. The summed E-state index contributed by atoms with van der Waals surface area (Å²) < 4.78 is 0. The minimum Gasteiger partial charge on any atom is -0.332 e. The van der Waals surface area contributed by atoms with Crippen LogP contribution in [0.25, 0.3) is 0 Å². The van der Waals surface area contributed by atoms with Gasteiger partial charge in [0.1, 0.15) is 26.2 Å². The van der Waals surface area contributed by atoms with Crippen LogP contribution in [0.4, 0.5) is 5.69 Å². The average Bonchev–Trinajstić information content (AvgIpc) is 2.71. The Balaban J connectivity index is 1.48. The molecule has 2 amide bonds. The first-order valence-electron chi connectivity index (χ1n) is 11.6. The van der Waals surface area contributed by atoms with Crippen LogP contribution in [-0.2, 0) is 9.59 Å². The van der Waals surface area contributed by atoms with Crippen LogP contribution in [0.5, 0.6) is 0 Å². The van der Waals surface area contributed by atoms with E-state index in [0.29, 0.717) is 24.5 Å². The van der Waals surface area contributed by atoms with Crippen molar-refractivity contribution in [2.24, 2.45) is 0 Å². The minimum absolute atomic E-state index is 0.00156. The summed E-state index contributed by atoms with van der Waals surface area (Å²) >= 11 is 0. The first-order valence-corrected chi connectivity index (χ1v) is 11.6. The van der Waals surface area contributed by atoms with Gasteiger partial charge in [-0.3, -0.25) is 9.59 Å². The third-order valence-electron chi connectivity index (χ3n) is 7.32. The fraction of sp³-hybridized carbons (Fsp3) is 0.667. The Kier molecular flexibility index (Phi) is 7.53. The van der Waals surface area contributed by atoms with E-state index in [1.165, 1.54) is 21.8 Å². The van der Waals surface area contributed by atoms with Crippen LogP contribution in [0.1, 0.15) is 51.2 Å². The van der Waals surface area contributed by atoms with Crippen molar-refractivity contribution in [3.8, 4) is 0 Å². The zero-order chi connectivity index (χ0) is 21.8. The lowest BCUT2D eigenvalue weighted by Crippen LogP contribution is -3.30. The van der Waals surface area contributed by atoms with Crippen molar-refractivity contribution in [2.45, 2.75) is 72.0 Å². The van der Waals surface area contributed by atoms with E-state index in [1.54, 1.807) is 0 Å². The van der Waals surface area contributed by atoms with E-state index in [2.05, 4.69) is 44.0 Å². The molecule has 2 aliphatic heterocycles. The van der Waals surface area contributed by atoms with E-state index in [-0.39, 0.29) is 11.9 Å². The molecule has 6 heteroatoms. The molecule has 2 fully saturated rings. The molecule has 3 atom stereocenters. The normalized spacial score (nSPS) is 28.1. The Labute approximate surface area is 181 Å². The van der Waals surface area contributed by atoms with Gasteiger partial charge in [0.25, 0.3) is 11.8 Å². The van der Waals surface area contributed by atoms with Gasteiger partial charge in [-0.2, -0.15) is 0 Å². The van der Waals surface area contributed by atoms with Crippen LogP contribution < -0.4 is 15.1 Å². The number of anilines is 1. The lowest BCUT2D eigenvalue weighted by Gasteiger charge is -2.42. The fourth-order valence-electron chi connectivity index (χ4n) is 5.10. The molecule has 3 N–H and O–H groups in total. The average molecular weight is 417 g/mol. The summed E-state index contributed by atoms with van der Waals surface area (Å²) in [6.45, 7) is 14.8. The fourth-order valence-corrected chi connectivity index (χ4v) is 5.10. The maximum atomic E-state index is 13.2. The molecule has 0 unspecified atom stereocenters. The van der Waals surface area contributed by atoms with E-state index in [1.807, 2.05) is 19.1 Å². The standard InChI is InChI=1S/C24H38N4O2/c1-17-8-6-11-22(20(17)4)25-23(29)16-26-12-14-27(15-13-26)21(5)24(30)28-18(2)9-7-10-19(28)3/h6,8,11,18-19,21H,7,9-10,12-16H2,1-5H3,(H,25,29)/p+2/t18-,19-,21+/m0/s1. The summed E-state index contributed by atoms with van der Waals surface area (Å²) in [5, 5.41) is 3.08. The Hall–Kier alpha value is -1.92. The first-order chi connectivity index (χ1) is 14.3. The lowest BCUT2D eigenvalue weighted by molar-refractivity contribution is -1.02. The Morgan fingerprint density at radius 3 is 2.37 bits per heavy atom. The smallest absolute Gasteiger partial charge is 0.281 e. The van der Waals surface area contributed by atoms with Crippen LogP contribution in [-0.4, -0.2) is 67.6 Å². The van der Waals surface area contributed by atoms with Crippen LogP contribution in [0.2, 0.25) is 0 Å². The monoisotopic (exact) mass is 416 g/mol. The van der Waals surface area contributed by atoms with Crippen molar-refractivity contribution in [2.75, 3.05) is 38.0 Å². The van der Waals surface area contributed by atoms with Crippen LogP contribution in [0, 0.1) is 13.8 Å². The largest absolute Gasteiger partial charge is 0.332 e. The van der Waals surface area contributed by atoms with Crippen molar-refractivity contribution < 1.29 is 19.4 Å². The molecule has 1 aromatic carbocycles. The molecule has 1 aromatic rings. The molecule has 166 valence electrons. The predicted molar refractivity (Wildman–Crippen MR) is 120 cm³/mol. The van der Waals surface area contributed by atoms with E-state index in [4.69, 9.17) is 0 Å². The molecule has 0 saturated carbocycles. The second-order valence-corrected chi connectivity index (χ2v) is 9.48. The lowest BCUT2D eigenvalue weighted by atomic mass is 9.96. The molecular formula is C24H40N4O2+2. The number of nitrogens with zero attached hydrogens (tertiary/aromatic N) is 1. The second-order valence-electron chi connectivity index (χ2n) is 9.48. The number of quaternary nitrogens is 2. The van der Waals surface area contributed by atoms with Gasteiger partial charge in [-0.1, -0.05) is 12.1 Å². The highest BCUT2D eigenvalue weighted by Gasteiger charge is 2.38. The third kappa shape index (κ3) is 5.22. The summed E-state index contributed by atoms with van der Waals surface area (Å²) in [6.07, 6.45) is 3.46. The quantitative estimate of drug-likeness (QED) is 0.643. The van der Waals surface area contributed by atoms with E-state index >= 15 is 0 Å². The molecule has 0 aromatic heterocycles. The van der Waals surface area contributed by atoms with Crippen molar-refractivity contribution in [3.63, 3.8) is 0 Å². The number of carbonyl (C=O) groups excluding carboxylic acids is 2. The van der Waals surface area contributed by atoms with Gasteiger partial charge in [0.05, 0.1) is 0 Å². The van der Waals surface area contributed by atoms with Gasteiger partial charge < -0.3 is 20.0 Å². The highest BCUT2D eigenvalue weighted by molar-refractivity contribution is 5.92. The SMILES string of the molecule is Cc1cccc(NC(=O)C[NH+]2CC[NH+]([C@H](C)C(=O)N3[C@@H](C)CCC[C@@H]3C)CC2)c1C. The molecule has 3 rings (SSSR count). The molecule has 0 bridgehead atoms. The Bertz CT molecular complexity index is 748. The number of hydrogen-bond donors (Lipinski definition) is 3. The van der Waals surface area contributed by atoms with Gasteiger partial charge in [0.2, 0.25) is 0 Å². The molecule has 2 saturated heterocycles. The zero-order valence-corrected chi connectivity index (χ0v) is 19.4. The number of nitrogens with one attached hydrogen (secondary N) is 3. The minimum atomic E-state index is -0.00156. The summed E-state index contributed by atoms with van der Waals surface area (Å²) in [6, 6.07) is 6.71. The molecule has 2 heterocycles. The molecule has 30 heavy (non-hydrogen) atoms. The number of piperidine rings is 1. The van der Waals surface area contributed by atoms with Crippen LogP contribution >= 0.6 is 0 Å². The molecule has 0 spiro atoms. The number of hydrogen-bond acceptors (Lipinski definition) is 2. The van der Waals surface area contributed by atoms with Crippen molar-refractivity contribution in [1.29, 1.82) is 0 Å². The molecule has 6 nitrogen and oxygen atoms in total. The predicted octanol–water partition coefficient (Wildman–Crippen LogP) is 0.203. The number of rotatable bonds is 5. The molecule has 2 aliphatic rings. The van der Waals surface area contributed by atoms with Gasteiger partial charge in [0.15, 0.2) is 12.6 Å². The second kappa shape index (κ2) is 9.92. The summed E-state index contributed by atoms with van der Waals surface area (Å²) in [4.78, 5) is 30.5. The topological polar surface area (TPSA) is 58.3 Å². The van der Waals surface area contributed by atoms with Gasteiger partial charge >= 0.3 is 0 Å². The molecule has 0 radical (unpaired) electrons. The number of likely N-dealkylation sites (tertiary alicyclic amines) is 1. The third-order valence-corrected chi connectivity index (χ3v) is 7.32. The van der Waals surface area contributed by atoms with Crippen molar-refractivity contribution >= 4 is 17.5 Å². The van der Waals surface area contributed by atoms with Gasteiger partial charge in [-0.05, 0) is 71.1 Å². The Morgan fingerprint density at radius 2 is 1.73 bits per heavy atom. The number of piperazine rings is 1. The summed E-state index contributed by atoms with van der Waals surface area (Å²) in [5.74, 6) is 0.378. The number of aryl methyl sites for hydroxylation is 1. The van der Waals surface area contributed by atoms with Crippen LogP contribution in [0.15, 0.2) is 18.2 Å². The van der Waals surface area contributed by atoms with Gasteiger partial charge in [-0.25, -0.2) is 0 Å². The van der Waals surface area contributed by atoms with E-state index < -0.39 is 0 Å². The summed E-state index contributed by atoms with van der Waals surface area (Å²) in [5.41, 5.74) is 3.23. The van der Waals surface area contributed by atoms with Gasteiger partial charge in [0, 0.05) is 17.8 Å². The van der Waals surface area contributed by atoms with Crippen molar-refractivity contribution in [1.82, 2.24) is 4.90 Å². The van der Waals surface area contributed by atoms with Gasteiger partial charge in [-0.15, -0.1) is 0 Å². The highest BCUT2D eigenvalue weighted by Crippen LogP contribution is 2.23. The van der Waals surface area contributed by atoms with Crippen LogP contribution in [0.3, 0.4) is 0 Å². The molecule has 0 aliphatic carbocycles.